The largest absolute Gasteiger partial charge is 0.490 e. The smallest absolute Gasteiger partial charge is 0.200 e. The molecular formula is C14H20BrF2NO. The zero-order chi connectivity index (χ0) is 14.5. The van der Waals surface area contributed by atoms with Crippen molar-refractivity contribution in [1.82, 2.24) is 5.32 Å². The Bertz CT molecular complexity index is 424. The third-order valence-electron chi connectivity index (χ3n) is 2.61. The highest BCUT2D eigenvalue weighted by Gasteiger charge is 2.20. The Kier molecular flexibility index (Phi) is 6.20. The van der Waals surface area contributed by atoms with Gasteiger partial charge in [-0.25, -0.2) is 4.39 Å². The molecule has 0 aliphatic carbocycles. The lowest BCUT2D eigenvalue weighted by molar-refractivity contribution is 0.169. The summed E-state index contributed by atoms with van der Waals surface area (Å²) in [6.07, 6.45) is 1.06. The summed E-state index contributed by atoms with van der Waals surface area (Å²) < 4.78 is 32.6. The minimum Gasteiger partial charge on any atom is -0.490 e. The van der Waals surface area contributed by atoms with Crippen LogP contribution in [0.25, 0.3) is 0 Å². The molecule has 1 aromatic rings. The van der Waals surface area contributed by atoms with E-state index in [1.54, 1.807) is 0 Å². The number of hydrogen-bond donors (Lipinski definition) is 1. The van der Waals surface area contributed by atoms with Gasteiger partial charge in [0.2, 0.25) is 5.82 Å². The van der Waals surface area contributed by atoms with Gasteiger partial charge in [0.05, 0.1) is 6.61 Å². The van der Waals surface area contributed by atoms with Crippen LogP contribution in [0, 0.1) is 17.0 Å². The van der Waals surface area contributed by atoms with E-state index < -0.39 is 11.6 Å². The van der Waals surface area contributed by atoms with Gasteiger partial charge in [-0.2, -0.15) is 4.39 Å². The molecule has 1 rings (SSSR count). The minimum atomic E-state index is -0.944. The second-order valence-corrected chi connectivity index (χ2v) is 6.25. The predicted molar refractivity (Wildman–Crippen MR) is 76.5 cm³/mol. The molecule has 108 valence electrons. The molecule has 2 nitrogen and oxygen atoms in total. The molecule has 0 saturated carbocycles. The molecule has 19 heavy (non-hydrogen) atoms. The van der Waals surface area contributed by atoms with E-state index in [9.17, 15) is 8.78 Å². The zero-order valence-electron chi connectivity index (χ0n) is 11.5. The molecule has 0 saturated heterocycles. The van der Waals surface area contributed by atoms with Crippen molar-refractivity contribution in [1.29, 1.82) is 0 Å². The normalized spacial score (nSPS) is 11.7. The van der Waals surface area contributed by atoms with Crippen molar-refractivity contribution in [3.05, 3.63) is 28.2 Å². The van der Waals surface area contributed by atoms with Gasteiger partial charge in [-0.05, 0) is 25.1 Å². The van der Waals surface area contributed by atoms with Gasteiger partial charge in [-0.15, -0.1) is 0 Å². The van der Waals surface area contributed by atoms with Gasteiger partial charge in [0, 0.05) is 16.4 Å². The van der Waals surface area contributed by atoms with Crippen LogP contribution in [0.5, 0.6) is 5.75 Å². The standard InChI is InChI=1S/C14H20BrF2NO/c1-4-5-18-8-14(2,3)9-19-12-7-10(15)6-11(16)13(12)17/h6-7,18H,4-5,8-9H2,1-3H3. The molecule has 5 heteroatoms. The van der Waals surface area contributed by atoms with E-state index >= 15 is 0 Å². The summed E-state index contributed by atoms with van der Waals surface area (Å²) in [5.41, 5.74) is -0.152. The summed E-state index contributed by atoms with van der Waals surface area (Å²) >= 11 is 3.12. The lowest BCUT2D eigenvalue weighted by Crippen LogP contribution is -2.34. The number of halogens is 3. The maximum Gasteiger partial charge on any atom is 0.200 e. The van der Waals surface area contributed by atoms with Crippen molar-refractivity contribution < 1.29 is 13.5 Å². The Hall–Kier alpha value is -0.680. The number of benzene rings is 1. The van der Waals surface area contributed by atoms with Crippen molar-refractivity contribution in [2.24, 2.45) is 5.41 Å². The Balaban J connectivity index is 2.61. The van der Waals surface area contributed by atoms with E-state index in [4.69, 9.17) is 4.74 Å². The molecule has 0 unspecified atom stereocenters. The molecule has 1 N–H and O–H groups in total. The molecule has 0 radical (unpaired) electrons. The number of rotatable bonds is 7. The highest BCUT2D eigenvalue weighted by molar-refractivity contribution is 9.10. The predicted octanol–water partition coefficient (Wildman–Crippen LogP) is 4.13. The first-order valence-electron chi connectivity index (χ1n) is 6.34. The highest BCUT2D eigenvalue weighted by Crippen LogP contribution is 2.27. The third kappa shape index (κ3) is 5.45. The molecule has 0 aliphatic heterocycles. The fourth-order valence-corrected chi connectivity index (χ4v) is 1.97. The van der Waals surface area contributed by atoms with E-state index in [0.29, 0.717) is 11.1 Å². The molecule has 0 amide bonds. The van der Waals surface area contributed by atoms with Gasteiger partial charge in [0.25, 0.3) is 0 Å². The van der Waals surface area contributed by atoms with Gasteiger partial charge in [0.15, 0.2) is 11.6 Å². The van der Waals surface area contributed by atoms with Crippen molar-refractivity contribution in [2.45, 2.75) is 27.2 Å². The van der Waals surface area contributed by atoms with Gasteiger partial charge >= 0.3 is 0 Å². The average molecular weight is 336 g/mol. The van der Waals surface area contributed by atoms with Gasteiger partial charge in [-0.3, -0.25) is 0 Å². The topological polar surface area (TPSA) is 21.3 Å². The van der Waals surface area contributed by atoms with Gasteiger partial charge in [0.1, 0.15) is 0 Å². The molecule has 0 aliphatic rings. The van der Waals surface area contributed by atoms with E-state index in [1.165, 1.54) is 6.07 Å². The van der Waals surface area contributed by atoms with Crippen molar-refractivity contribution in [3.8, 4) is 5.75 Å². The minimum absolute atomic E-state index is 0.0598. The quantitative estimate of drug-likeness (QED) is 0.597. The molecule has 0 fully saturated rings. The molecule has 0 bridgehead atoms. The maximum absolute atomic E-state index is 13.5. The first-order chi connectivity index (χ1) is 8.85. The second-order valence-electron chi connectivity index (χ2n) is 5.33. The van der Waals surface area contributed by atoms with Crippen LogP contribution in [0.15, 0.2) is 16.6 Å². The summed E-state index contributed by atoms with van der Waals surface area (Å²) in [5, 5.41) is 3.29. The van der Waals surface area contributed by atoms with Crippen LogP contribution in [-0.4, -0.2) is 19.7 Å². The van der Waals surface area contributed by atoms with Crippen LogP contribution < -0.4 is 10.1 Å². The highest BCUT2D eigenvalue weighted by atomic mass is 79.9. The Morgan fingerprint density at radius 1 is 1.32 bits per heavy atom. The summed E-state index contributed by atoms with van der Waals surface area (Å²) in [4.78, 5) is 0. The summed E-state index contributed by atoms with van der Waals surface area (Å²) in [7, 11) is 0. The van der Waals surface area contributed by atoms with Crippen LogP contribution >= 0.6 is 15.9 Å². The van der Waals surface area contributed by atoms with Crippen LogP contribution in [0.1, 0.15) is 27.2 Å². The molecule has 0 heterocycles. The van der Waals surface area contributed by atoms with Crippen LogP contribution in [0.4, 0.5) is 8.78 Å². The molecule has 0 atom stereocenters. The average Bonchev–Trinajstić information content (AvgIpc) is 2.32. The summed E-state index contributed by atoms with van der Waals surface area (Å²) in [5.74, 6) is -1.91. The monoisotopic (exact) mass is 335 g/mol. The van der Waals surface area contributed by atoms with Crippen LogP contribution in [0.3, 0.4) is 0 Å². The summed E-state index contributed by atoms with van der Waals surface area (Å²) in [6.45, 7) is 8.14. The maximum atomic E-state index is 13.5. The third-order valence-corrected chi connectivity index (χ3v) is 3.07. The fraction of sp³-hybridized carbons (Fsp3) is 0.571. The molecule has 1 aromatic carbocycles. The SMILES string of the molecule is CCCNCC(C)(C)COc1cc(Br)cc(F)c1F. The first-order valence-corrected chi connectivity index (χ1v) is 7.13. The summed E-state index contributed by atoms with van der Waals surface area (Å²) in [6, 6.07) is 2.52. The second kappa shape index (κ2) is 7.20. The molecule has 0 aromatic heterocycles. The van der Waals surface area contributed by atoms with Crippen molar-refractivity contribution in [3.63, 3.8) is 0 Å². The van der Waals surface area contributed by atoms with E-state index in [0.717, 1.165) is 25.6 Å². The van der Waals surface area contributed by atoms with E-state index in [2.05, 4.69) is 28.2 Å². The number of hydrogen-bond acceptors (Lipinski definition) is 2. The molecular weight excluding hydrogens is 316 g/mol. The number of nitrogens with one attached hydrogen (secondary N) is 1. The lowest BCUT2D eigenvalue weighted by Gasteiger charge is -2.25. The fourth-order valence-electron chi connectivity index (χ4n) is 1.57. The Morgan fingerprint density at radius 2 is 2.00 bits per heavy atom. The lowest BCUT2D eigenvalue weighted by atomic mass is 9.95. The Labute approximate surface area is 121 Å². The van der Waals surface area contributed by atoms with Crippen LogP contribution in [-0.2, 0) is 0 Å². The zero-order valence-corrected chi connectivity index (χ0v) is 13.1. The molecule has 0 spiro atoms. The number of ether oxygens (including phenoxy) is 1. The first kappa shape index (κ1) is 16.4. The van der Waals surface area contributed by atoms with Crippen molar-refractivity contribution in [2.75, 3.05) is 19.7 Å². The Morgan fingerprint density at radius 3 is 2.63 bits per heavy atom. The van der Waals surface area contributed by atoms with Gasteiger partial charge in [-0.1, -0.05) is 36.7 Å². The van der Waals surface area contributed by atoms with Gasteiger partial charge < -0.3 is 10.1 Å². The van der Waals surface area contributed by atoms with E-state index in [1.807, 2.05) is 13.8 Å². The van der Waals surface area contributed by atoms with Crippen molar-refractivity contribution >= 4 is 15.9 Å². The van der Waals surface area contributed by atoms with E-state index in [-0.39, 0.29) is 11.2 Å². The van der Waals surface area contributed by atoms with Crippen LogP contribution in [0.2, 0.25) is 0 Å².